The molecule has 3 aromatic rings. The third-order valence-corrected chi connectivity index (χ3v) is 5.44. The van der Waals surface area contributed by atoms with Gasteiger partial charge in [-0.05, 0) is 38.1 Å². The molecule has 0 N–H and O–H groups in total. The van der Waals surface area contributed by atoms with Crippen molar-refractivity contribution >= 4 is 16.3 Å². The van der Waals surface area contributed by atoms with Gasteiger partial charge in [0.25, 0.3) is 0 Å². The van der Waals surface area contributed by atoms with Crippen LogP contribution in [-0.2, 0) is 6.54 Å². The molecule has 1 saturated heterocycles. The number of benzene rings is 1. The molecule has 0 atom stereocenters. The third-order valence-electron chi connectivity index (χ3n) is 4.51. The number of rotatable bonds is 5. The molecule has 7 nitrogen and oxygen atoms in total. The molecular weight excluding hydrogens is 338 g/mol. The maximum Gasteiger partial charge on any atom is 0.235 e. The van der Waals surface area contributed by atoms with Gasteiger partial charge in [0.1, 0.15) is 11.5 Å². The van der Waals surface area contributed by atoms with Crippen LogP contribution >= 0.6 is 11.3 Å². The number of piperidine rings is 1. The van der Waals surface area contributed by atoms with Crippen molar-refractivity contribution in [3.63, 3.8) is 0 Å². The van der Waals surface area contributed by atoms with Crippen LogP contribution in [0, 0.1) is 0 Å². The Morgan fingerprint density at radius 1 is 1.08 bits per heavy atom. The van der Waals surface area contributed by atoms with Gasteiger partial charge in [-0.15, -0.1) is 10.2 Å². The first-order chi connectivity index (χ1) is 12.3. The van der Waals surface area contributed by atoms with Gasteiger partial charge in [0.05, 0.1) is 26.3 Å². The predicted molar refractivity (Wildman–Crippen MR) is 96.3 cm³/mol. The summed E-state index contributed by atoms with van der Waals surface area (Å²) < 4.78 is 12.6. The number of hydrogen-bond acceptors (Lipinski definition) is 7. The van der Waals surface area contributed by atoms with E-state index < -0.39 is 0 Å². The molecule has 1 aromatic carbocycles. The zero-order valence-corrected chi connectivity index (χ0v) is 15.3. The van der Waals surface area contributed by atoms with Gasteiger partial charge < -0.3 is 9.47 Å². The van der Waals surface area contributed by atoms with Crippen LogP contribution in [0.5, 0.6) is 11.5 Å². The van der Waals surface area contributed by atoms with E-state index >= 15 is 0 Å². The number of aromatic nitrogens is 4. The van der Waals surface area contributed by atoms with Crippen molar-refractivity contribution < 1.29 is 9.47 Å². The fourth-order valence-electron chi connectivity index (χ4n) is 3.16. The zero-order chi connectivity index (χ0) is 17.2. The number of nitrogens with zero attached hydrogens (tertiary/aromatic N) is 5. The highest BCUT2D eigenvalue weighted by Gasteiger charge is 2.19. The molecule has 0 radical (unpaired) electrons. The molecule has 0 aliphatic carbocycles. The molecule has 0 saturated carbocycles. The fourth-order valence-corrected chi connectivity index (χ4v) is 4.05. The summed E-state index contributed by atoms with van der Waals surface area (Å²) in [6.07, 6.45) is 3.84. The third kappa shape index (κ3) is 3.19. The van der Waals surface area contributed by atoms with E-state index in [4.69, 9.17) is 14.6 Å². The monoisotopic (exact) mass is 359 g/mol. The lowest BCUT2D eigenvalue weighted by Crippen LogP contribution is -2.30. The van der Waals surface area contributed by atoms with Gasteiger partial charge in [-0.2, -0.15) is 9.61 Å². The molecule has 0 bridgehead atoms. The van der Waals surface area contributed by atoms with Crippen LogP contribution in [0.25, 0.3) is 15.5 Å². The Morgan fingerprint density at radius 3 is 2.68 bits per heavy atom. The SMILES string of the molecule is COc1ccc(-c2nn3c(CN4CCCCC4)nnc3s2)c(OC)c1. The smallest absolute Gasteiger partial charge is 0.235 e. The second kappa shape index (κ2) is 6.97. The van der Waals surface area contributed by atoms with Crippen LogP contribution in [0.15, 0.2) is 18.2 Å². The van der Waals surface area contributed by atoms with Crippen LogP contribution in [0.1, 0.15) is 25.1 Å². The lowest BCUT2D eigenvalue weighted by atomic mass is 10.1. The Balaban J connectivity index is 1.65. The van der Waals surface area contributed by atoms with Gasteiger partial charge in [0, 0.05) is 6.07 Å². The first-order valence-electron chi connectivity index (χ1n) is 8.44. The highest BCUT2D eigenvalue weighted by Crippen LogP contribution is 2.35. The van der Waals surface area contributed by atoms with E-state index in [0.717, 1.165) is 52.5 Å². The minimum atomic E-state index is 0.738. The first kappa shape index (κ1) is 16.3. The van der Waals surface area contributed by atoms with Crippen LogP contribution in [0.4, 0.5) is 0 Å². The summed E-state index contributed by atoms with van der Waals surface area (Å²) in [4.78, 5) is 3.23. The van der Waals surface area contributed by atoms with Crippen LogP contribution in [0.3, 0.4) is 0 Å². The summed E-state index contributed by atoms with van der Waals surface area (Å²) in [7, 11) is 3.30. The highest BCUT2D eigenvalue weighted by molar-refractivity contribution is 7.19. The van der Waals surface area contributed by atoms with E-state index in [0.29, 0.717) is 0 Å². The lowest BCUT2D eigenvalue weighted by molar-refractivity contribution is 0.214. The molecule has 1 aliphatic heterocycles. The summed E-state index contributed by atoms with van der Waals surface area (Å²) in [6.45, 7) is 3.04. The van der Waals surface area contributed by atoms with Crippen LogP contribution < -0.4 is 9.47 Å². The zero-order valence-electron chi connectivity index (χ0n) is 14.4. The number of methoxy groups -OCH3 is 2. The van der Waals surface area contributed by atoms with Crippen LogP contribution in [0.2, 0.25) is 0 Å². The van der Waals surface area contributed by atoms with Crippen molar-refractivity contribution in [3.8, 4) is 22.1 Å². The minimum absolute atomic E-state index is 0.738. The molecule has 4 rings (SSSR count). The second-order valence-corrected chi connectivity index (χ2v) is 7.08. The summed E-state index contributed by atoms with van der Waals surface area (Å²) in [5.41, 5.74) is 0.933. The Kier molecular flexibility index (Phi) is 4.54. The normalized spacial score (nSPS) is 15.6. The standard InChI is InChI=1S/C17H21N5O2S/c1-23-12-6-7-13(14(10-12)24-2)16-20-22-15(18-19-17(22)25-16)11-21-8-4-3-5-9-21/h6-7,10H,3-5,8-9,11H2,1-2H3. The number of ether oxygens (including phenoxy) is 2. The Bertz CT molecular complexity index is 869. The van der Waals surface area contributed by atoms with Gasteiger partial charge in [0.15, 0.2) is 10.8 Å². The van der Waals surface area contributed by atoms with E-state index in [-0.39, 0.29) is 0 Å². The largest absolute Gasteiger partial charge is 0.497 e. The average Bonchev–Trinajstić information content (AvgIpc) is 3.24. The maximum absolute atomic E-state index is 5.50. The Morgan fingerprint density at radius 2 is 1.92 bits per heavy atom. The van der Waals surface area contributed by atoms with Gasteiger partial charge >= 0.3 is 0 Å². The van der Waals surface area contributed by atoms with Crippen molar-refractivity contribution in [2.45, 2.75) is 25.8 Å². The van der Waals surface area contributed by atoms with Crippen molar-refractivity contribution in [3.05, 3.63) is 24.0 Å². The van der Waals surface area contributed by atoms with E-state index in [1.807, 2.05) is 22.7 Å². The summed E-state index contributed by atoms with van der Waals surface area (Å²) in [5.74, 6) is 2.39. The molecule has 1 aliphatic rings. The highest BCUT2D eigenvalue weighted by atomic mass is 32.1. The number of likely N-dealkylation sites (tertiary alicyclic amines) is 1. The second-order valence-electron chi connectivity index (χ2n) is 6.12. The molecule has 1 fully saturated rings. The molecule has 25 heavy (non-hydrogen) atoms. The minimum Gasteiger partial charge on any atom is -0.497 e. The fraction of sp³-hybridized carbons (Fsp3) is 0.471. The van der Waals surface area contributed by atoms with Gasteiger partial charge in [-0.25, -0.2) is 0 Å². The van der Waals surface area contributed by atoms with Crippen molar-refractivity contribution in [2.75, 3.05) is 27.3 Å². The maximum atomic E-state index is 5.50. The number of hydrogen-bond donors (Lipinski definition) is 0. The van der Waals surface area contributed by atoms with E-state index in [2.05, 4.69) is 15.1 Å². The summed E-state index contributed by atoms with van der Waals surface area (Å²) in [5, 5.41) is 14.2. The molecular formula is C17H21N5O2S. The topological polar surface area (TPSA) is 64.8 Å². The molecule has 0 amide bonds. The number of fused-ring (bicyclic) bond motifs is 1. The Labute approximate surface area is 150 Å². The van der Waals surface area contributed by atoms with E-state index in [9.17, 15) is 0 Å². The first-order valence-corrected chi connectivity index (χ1v) is 9.26. The molecule has 3 heterocycles. The van der Waals surface area contributed by atoms with E-state index in [1.54, 1.807) is 14.2 Å². The molecule has 132 valence electrons. The average molecular weight is 359 g/mol. The lowest BCUT2D eigenvalue weighted by Gasteiger charge is -2.25. The predicted octanol–water partition coefficient (Wildman–Crippen LogP) is 2.86. The Hall–Kier alpha value is -2.19. The summed E-state index contributed by atoms with van der Waals surface area (Å²) in [6, 6.07) is 5.75. The molecule has 0 spiro atoms. The van der Waals surface area contributed by atoms with Gasteiger partial charge in [0.2, 0.25) is 4.96 Å². The molecule has 2 aromatic heterocycles. The molecule has 0 unspecified atom stereocenters. The quantitative estimate of drug-likeness (QED) is 0.698. The molecule has 8 heteroatoms. The van der Waals surface area contributed by atoms with Crippen molar-refractivity contribution in [1.29, 1.82) is 0 Å². The van der Waals surface area contributed by atoms with Crippen molar-refractivity contribution in [1.82, 2.24) is 24.7 Å². The van der Waals surface area contributed by atoms with Gasteiger partial charge in [-0.3, -0.25) is 4.90 Å². The summed E-state index contributed by atoms with van der Waals surface area (Å²) >= 11 is 1.52. The van der Waals surface area contributed by atoms with Crippen molar-refractivity contribution in [2.24, 2.45) is 0 Å². The van der Waals surface area contributed by atoms with Crippen LogP contribution in [-0.4, -0.2) is 52.0 Å². The van der Waals surface area contributed by atoms with E-state index in [1.165, 1.54) is 30.6 Å². The van der Waals surface area contributed by atoms with Gasteiger partial charge in [-0.1, -0.05) is 17.8 Å².